The van der Waals surface area contributed by atoms with Gasteiger partial charge < -0.3 is 19.4 Å². The molecule has 114 valence electrons. The third-order valence-corrected chi connectivity index (χ3v) is 3.41. The van der Waals surface area contributed by atoms with Crippen LogP contribution < -0.4 is 14.8 Å². The molecule has 21 heavy (non-hydrogen) atoms. The van der Waals surface area contributed by atoms with Gasteiger partial charge in [-0.25, -0.2) is 4.98 Å². The maximum absolute atomic E-state index is 5.41. The van der Waals surface area contributed by atoms with E-state index < -0.39 is 0 Å². The molecular weight excluding hydrogens is 266 g/mol. The molecule has 0 radical (unpaired) electrons. The third kappa shape index (κ3) is 3.36. The molecule has 1 N–H and O–H groups in total. The average molecular weight is 289 g/mol. The van der Waals surface area contributed by atoms with Crippen LogP contribution in [0.25, 0.3) is 11.4 Å². The van der Waals surface area contributed by atoms with E-state index in [0.29, 0.717) is 0 Å². The fourth-order valence-electron chi connectivity index (χ4n) is 2.30. The Balaban J connectivity index is 2.46. The first-order valence-electron chi connectivity index (χ1n) is 7.14. The van der Waals surface area contributed by atoms with E-state index in [4.69, 9.17) is 9.47 Å². The Morgan fingerprint density at radius 3 is 2.48 bits per heavy atom. The highest BCUT2D eigenvalue weighted by molar-refractivity contribution is 5.66. The molecule has 1 heterocycles. The van der Waals surface area contributed by atoms with E-state index in [0.717, 1.165) is 48.0 Å². The van der Waals surface area contributed by atoms with Crippen LogP contribution in [-0.2, 0) is 13.6 Å². The molecule has 2 aromatic rings. The molecule has 0 aliphatic rings. The van der Waals surface area contributed by atoms with E-state index in [1.54, 1.807) is 20.4 Å². The van der Waals surface area contributed by atoms with Crippen LogP contribution in [0.5, 0.6) is 11.5 Å². The lowest BCUT2D eigenvalue weighted by Gasteiger charge is -2.15. The van der Waals surface area contributed by atoms with Gasteiger partial charge in [-0.3, -0.25) is 0 Å². The summed E-state index contributed by atoms with van der Waals surface area (Å²) in [5.74, 6) is 2.38. The van der Waals surface area contributed by atoms with Crippen LogP contribution in [0.15, 0.2) is 24.5 Å². The van der Waals surface area contributed by atoms with E-state index in [-0.39, 0.29) is 0 Å². The summed E-state index contributed by atoms with van der Waals surface area (Å²) in [6, 6.07) is 4.01. The molecule has 1 aromatic heterocycles. The number of aryl methyl sites for hydroxylation is 1. The van der Waals surface area contributed by atoms with Gasteiger partial charge in [-0.05, 0) is 30.7 Å². The van der Waals surface area contributed by atoms with Gasteiger partial charge >= 0.3 is 0 Å². The zero-order valence-corrected chi connectivity index (χ0v) is 13.1. The standard InChI is InChI=1S/C16H23N3O2/c1-5-6-17-11-12-9-14(20-3)15(21-4)10-13(12)16-18-7-8-19(16)2/h7-10,17H,5-6,11H2,1-4H3. The second-order valence-corrected chi connectivity index (χ2v) is 4.90. The number of ether oxygens (including phenoxy) is 2. The maximum atomic E-state index is 5.41. The minimum absolute atomic E-state index is 0.717. The van der Waals surface area contributed by atoms with E-state index in [2.05, 4.69) is 17.2 Å². The Labute approximate surface area is 125 Å². The Morgan fingerprint density at radius 2 is 1.90 bits per heavy atom. The van der Waals surface area contributed by atoms with Gasteiger partial charge in [0.25, 0.3) is 0 Å². The van der Waals surface area contributed by atoms with Crippen LogP contribution in [0, 0.1) is 0 Å². The molecule has 5 nitrogen and oxygen atoms in total. The lowest BCUT2D eigenvalue weighted by atomic mass is 10.0. The van der Waals surface area contributed by atoms with E-state index in [1.807, 2.05) is 29.9 Å². The SMILES string of the molecule is CCCNCc1cc(OC)c(OC)cc1-c1nccn1C. The quantitative estimate of drug-likeness (QED) is 0.796. The van der Waals surface area contributed by atoms with Crippen molar-refractivity contribution in [3.63, 3.8) is 0 Å². The average Bonchev–Trinajstić information content (AvgIpc) is 2.93. The van der Waals surface area contributed by atoms with Crippen molar-refractivity contribution in [1.29, 1.82) is 0 Å². The lowest BCUT2D eigenvalue weighted by molar-refractivity contribution is 0.354. The van der Waals surface area contributed by atoms with Gasteiger partial charge in [0.15, 0.2) is 11.5 Å². The predicted molar refractivity (Wildman–Crippen MR) is 83.7 cm³/mol. The number of hydrogen-bond acceptors (Lipinski definition) is 4. The minimum atomic E-state index is 0.717. The van der Waals surface area contributed by atoms with Crippen LogP contribution in [-0.4, -0.2) is 30.3 Å². The number of imidazole rings is 1. The number of hydrogen-bond donors (Lipinski definition) is 1. The minimum Gasteiger partial charge on any atom is -0.493 e. The number of benzene rings is 1. The van der Waals surface area contributed by atoms with Crippen molar-refractivity contribution >= 4 is 0 Å². The van der Waals surface area contributed by atoms with Crippen molar-refractivity contribution in [3.05, 3.63) is 30.1 Å². The Kier molecular flexibility index (Phi) is 5.22. The summed E-state index contributed by atoms with van der Waals surface area (Å²) in [4.78, 5) is 4.44. The van der Waals surface area contributed by atoms with Crippen molar-refractivity contribution in [3.8, 4) is 22.9 Å². The Morgan fingerprint density at radius 1 is 1.19 bits per heavy atom. The zero-order chi connectivity index (χ0) is 15.2. The van der Waals surface area contributed by atoms with Crippen molar-refractivity contribution in [2.75, 3.05) is 20.8 Å². The van der Waals surface area contributed by atoms with Gasteiger partial charge in [0.2, 0.25) is 0 Å². The topological polar surface area (TPSA) is 48.3 Å². The predicted octanol–water partition coefficient (Wildman–Crippen LogP) is 2.60. The summed E-state index contributed by atoms with van der Waals surface area (Å²) >= 11 is 0. The van der Waals surface area contributed by atoms with E-state index >= 15 is 0 Å². The van der Waals surface area contributed by atoms with Crippen molar-refractivity contribution in [2.24, 2.45) is 7.05 Å². The van der Waals surface area contributed by atoms with Crippen molar-refractivity contribution in [2.45, 2.75) is 19.9 Å². The molecule has 0 spiro atoms. The molecule has 0 aliphatic heterocycles. The first kappa shape index (κ1) is 15.4. The van der Waals surface area contributed by atoms with Crippen molar-refractivity contribution < 1.29 is 9.47 Å². The fourth-order valence-corrected chi connectivity index (χ4v) is 2.30. The van der Waals surface area contributed by atoms with Crippen molar-refractivity contribution in [1.82, 2.24) is 14.9 Å². The largest absolute Gasteiger partial charge is 0.493 e. The summed E-state index contributed by atoms with van der Waals surface area (Å²) in [5.41, 5.74) is 2.21. The highest BCUT2D eigenvalue weighted by Crippen LogP contribution is 2.35. The van der Waals surface area contributed by atoms with Gasteiger partial charge in [0.05, 0.1) is 14.2 Å². The van der Waals surface area contributed by atoms with Crippen LogP contribution in [0.1, 0.15) is 18.9 Å². The first-order valence-corrected chi connectivity index (χ1v) is 7.14. The summed E-state index contributed by atoms with van der Waals surface area (Å²) in [6.07, 6.45) is 4.84. The highest BCUT2D eigenvalue weighted by Gasteiger charge is 2.15. The molecule has 0 bridgehead atoms. The first-order chi connectivity index (χ1) is 10.2. The Bertz CT molecular complexity index is 593. The molecule has 1 aromatic carbocycles. The summed E-state index contributed by atoms with van der Waals surface area (Å²) in [7, 11) is 5.29. The molecule has 0 saturated carbocycles. The molecule has 2 rings (SSSR count). The number of nitrogens with zero attached hydrogens (tertiary/aromatic N) is 2. The maximum Gasteiger partial charge on any atom is 0.161 e. The number of aromatic nitrogens is 2. The van der Waals surface area contributed by atoms with Gasteiger partial charge in [-0.15, -0.1) is 0 Å². The van der Waals surface area contributed by atoms with Gasteiger partial charge in [0.1, 0.15) is 5.82 Å². The molecule has 0 unspecified atom stereocenters. The third-order valence-electron chi connectivity index (χ3n) is 3.41. The van der Waals surface area contributed by atoms with E-state index in [9.17, 15) is 0 Å². The summed E-state index contributed by atoms with van der Waals surface area (Å²) in [6.45, 7) is 3.91. The monoisotopic (exact) mass is 289 g/mol. The second-order valence-electron chi connectivity index (χ2n) is 4.90. The molecule has 0 amide bonds. The normalized spacial score (nSPS) is 10.7. The van der Waals surface area contributed by atoms with Gasteiger partial charge in [0, 0.05) is 31.5 Å². The highest BCUT2D eigenvalue weighted by atomic mass is 16.5. The molecule has 0 atom stereocenters. The van der Waals surface area contributed by atoms with Gasteiger partial charge in [-0.2, -0.15) is 0 Å². The van der Waals surface area contributed by atoms with Crippen LogP contribution in [0.2, 0.25) is 0 Å². The molecule has 0 saturated heterocycles. The molecule has 0 fully saturated rings. The molecular formula is C16H23N3O2. The number of rotatable bonds is 7. The number of methoxy groups -OCH3 is 2. The Hall–Kier alpha value is -2.01. The summed E-state index contributed by atoms with van der Waals surface area (Å²) < 4.78 is 12.8. The fraction of sp³-hybridized carbons (Fsp3) is 0.438. The molecule has 5 heteroatoms. The number of nitrogens with one attached hydrogen (secondary N) is 1. The van der Waals surface area contributed by atoms with Crippen LogP contribution in [0.4, 0.5) is 0 Å². The smallest absolute Gasteiger partial charge is 0.161 e. The van der Waals surface area contributed by atoms with E-state index in [1.165, 1.54) is 0 Å². The summed E-state index contributed by atoms with van der Waals surface area (Å²) in [5, 5.41) is 3.43. The van der Waals surface area contributed by atoms with Gasteiger partial charge in [-0.1, -0.05) is 6.92 Å². The molecule has 0 aliphatic carbocycles. The lowest BCUT2D eigenvalue weighted by Crippen LogP contribution is -2.15. The second kappa shape index (κ2) is 7.13. The van der Waals surface area contributed by atoms with Crippen LogP contribution >= 0.6 is 0 Å². The zero-order valence-electron chi connectivity index (χ0n) is 13.1. The van der Waals surface area contributed by atoms with Crippen LogP contribution in [0.3, 0.4) is 0 Å².